The molecule has 0 saturated carbocycles. The highest BCUT2D eigenvalue weighted by atomic mass is 79.9. The van der Waals surface area contributed by atoms with E-state index in [0.717, 1.165) is 35.6 Å². The molecule has 1 aliphatic rings. The predicted octanol–water partition coefficient (Wildman–Crippen LogP) is 2.86. The van der Waals surface area contributed by atoms with Crippen LogP contribution in [0.25, 0.3) is 0 Å². The number of halogens is 1. The van der Waals surface area contributed by atoms with Crippen LogP contribution in [0.1, 0.15) is 39.2 Å². The van der Waals surface area contributed by atoms with Gasteiger partial charge in [-0.1, -0.05) is 35.0 Å². The van der Waals surface area contributed by atoms with E-state index in [2.05, 4.69) is 40.0 Å². The van der Waals surface area contributed by atoms with Crippen molar-refractivity contribution in [3.8, 4) is 0 Å². The molecule has 0 spiro atoms. The number of benzene rings is 1. The first-order chi connectivity index (χ1) is 10.8. The lowest BCUT2D eigenvalue weighted by Gasteiger charge is -2.34. The molecule has 23 heavy (non-hydrogen) atoms. The molecule has 1 aromatic rings. The lowest BCUT2D eigenvalue weighted by Crippen LogP contribution is -2.54. The Kier molecular flexibility index (Phi) is 6.23. The molecule has 1 amide bonds. The highest BCUT2D eigenvalue weighted by Gasteiger charge is 2.31. The smallest absolute Gasteiger partial charge is 0.244 e. The van der Waals surface area contributed by atoms with E-state index >= 15 is 0 Å². The molecule has 3 N–H and O–H groups in total. The molecule has 4 nitrogen and oxygen atoms in total. The zero-order valence-corrected chi connectivity index (χ0v) is 15.9. The maximum Gasteiger partial charge on any atom is 0.244 e. The van der Waals surface area contributed by atoms with Gasteiger partial charge in [0.25, 0.3) is 0 Å². The minimum Gasteiger partial charge on any atom is -0.350 e. The van der Waals surface area contributed by atoms with Crippen molar-refractivity contribution in [2.75, 3.05) is 19.6 Å². The average molecular weight is 382 g/mol. The Morgan fingerprint density at radius 2 is 2.13 bits per heavy atom. The summed E-state index contributed by atoms with van der Waals surface area (Å²) in [7, 11) is 0. The van der Waals surface area contributed by atoms with Gasteiger partial charge in [-0.2, -0.15) is 0 Å². The lowest BCUT2D eigenvalue weighted by molar-refractivity contribution is -0.126. The fourth-order valence-corrected chi connectivity index (χ4v) is 3.45. The number of carbonyl (C=O) groups is 1. The largest absolute Gasteiger partial charge is 0.350 e. The summed E-state index contributed by atoms with van der Waals surface area (Å²) in [6, 6.07) is 7.69. The highest BCUT2D eigenvalue weighted by Crippen LogP contribution is 2.21. The molecule has 1 fully saturated rings. The van der Waals surface area contributed by atoms with Crippen LogP contribution in [0.2, 0.25) is 0 Å². The second-order valence-corrected chi connectivity index (χ2v) is 8.01. The van der Waals surface area contributed by atoms with Crippen molar-refractivity contribution in [2.45, 2.75) is 45.2 Å². The Morgan fingerprint density at radius 1 is 1.48 bits per heavy atom. The van der Waals surface area contributed by atoms with E-state index in [1.807, 2.05) is 24.3 Å². The molecule has 1 aromatic carbocycles. The van der Waals surface area contributed by atoms with Gasteiger partial charge in [-0.25, -0.2) is 0 Å². The van der Waals surface area contributed by atoms with Crippen LogP contribution in [0.5, 0.6) is 0 Å². The standard InChI is InChI=1S/C18H28BrN3O/c1-13-5-4-10-22(11-13)12-14(2)21-17(23)18(3,20)15-6-8-16(19)9-7-15/h6-9,13-14H,4-5,10-12,20H2,1-3H3,(H,21,23). The number of hydrogen-bond acceptors (Lipinski definition) is 3. The van der Waals surface area contributed by atoms with E-state index in [0.29, 0.717) is 0 Å². The van der Waals surface area contributed by atoms with E-state index < -0.39 is 5.54 Å². The van der Waals surface area contributed by atoms with E-state index in [1.165, 1.54) is 12.8 Å². The molecule has 1 aliphatic heterocycles. The molecule has 5 heteroatoms. The van der Waals surface area contributed by atoms with Gasteiger partial charge in [0.05, 0.1) is 0 Å². The Balaban J connectivity index is 1.92. The van der Waals surface area contributed by atoms with Crippen molar-refractivity contribution in [3.05, 3.63) is 34.3 Å². The minimum atomic E-state index is -1.02. The van der Waals surface area contributed by atoms with Gasteiger partial charge in [-0.05, 0) is 56.8 Å². The number of nitrogens with zero attached hydrogens (tertiary/aromatic N) is 1. The Morgan fingerprint density at radius 3 is 2.74 bits per heavy atom. The average Bonchev–Trinajstić information content (AvgIpc) is 2.47. The van der Waals surface area contributed by atoms with Gasteiger partial charge >= 0.3 is 0 Å². The monoisotopic (exact) mass is 381 g/mol. The summed E-state index contributed by atoms with van der Waals surface area (Å²) in [5.41, 5.74) is 6.09. The van der Waals surface area contributed by atoms with Crippen molar-refractivity contribution in [2.24, 2.45) is 11.7 Å². The Bertz CT molecular complexity index is 530. The second kappa shape index (κ2) is 7.77. The molecular weight excluding hydrogens is 354 g/mol. The summed E-state index contributed by atoms with van der Waals surface area (Å²) in [6.07, 6.45) is 2.55. The number of piperidine rings is 1. The SMILES string of the molecule is CC1CCCN(CC(C)NC(=O)C(C)(N)c2ccc(Br)cc2)C1. The van der Waals surface area contributed by atoms with Crippen molar-refractivity contribution in [1.29, 1.82) is 0 Å². The summed E-state index contributed by atoms with van der Waals surface area (Å²) in [4.78, 5) is 15.0. The maximum atomic E-state index is 12.6. The number of rotatable bonds is 5. The third-order valence-corrected chi connectivity index (χ3v) is 5.09. The third kappa shape index (κ3) is 5.03. The van der Waals surface area contributed by atoms with Crippen LogP contribution in [0.15, 0.2) is 28.7 Å². The highest BCUT2D eigenvalue weighted by molar-refractivity contribution is 9.10. The molecule has 0 aromatic heterocycles. The van der Waals surface area contributed by atoms with Crippen LogP contribution < -0.4 is 11.1 Å². The van der Waals surface area contributed by atoms with E-state index in [-0.39, 0.29) is 11.9 Å². The number of carbonyl (C=O) groups excluding carboxylic acids is 1. The summed E-state index contributed by atoms with van der Waals surface area (Å²) >= 11 is 3.40. The molecule has 3 unspecified atom stereocenters. The van der Waals surface area contributed by atoms with Gasteiger partial charge in [-0.15, -0.1) is 0 Å². The molecule has 3 atom stereocenters. The van der Waals surface area contributed by atoms with Crippen LogP contribution in [-0.4, -0.2) is 36.5 Å². The molecule has 1 heterocycles. The number of likely N-dealkylation sites (tertiary alicyclic amines) is 1. The van der Waals surface area contributed by atoms with Crippen LogP contribution in [0, 0.1) is 5.92 Å². The summed E-state index contributed by atoms with van der Waals surface area (Å²) in [5.74, 6) is 0.617. The number of amides is 1. The lowest BCUT2D eigenvalue weighted by atomic mass is 9.92. The van der Waals surface area contributed by atoms with Crippen molar-refractivity contribution >= 4 is 21.8 Å². The zero-order valence-electron chi connectivity index (χ0n) is 14.3. The molecule has 0 aliphatic carbocycles. The molecule has 2 rings (SSSR count). The summed E-state index contributed by atoms with van der Waals surface area (Å²) in [6.45, 7) is 9.23. The van der Waals surface area contributed by atoms with E-state index in [1.54, 1.807) is 6.92 Å². The minimum absolute atomic E-state index is 0.0890. The molecule has 0 bridgehead atoms. The quantitative estimate of drug-likeness (QED) is 0.824. The normalized spacial score (nSPS) is 23.1. The second-order valence-electron chi connectivity index (χ2n) is 7.09. The molecule has 128 valence electrons. The topological polar surface area (TPSA) is 58.4 Å². The van der Waals surface area contributed by atoms with Gasteiger partial charge in [0.2, 0.25) is 5.91 Å². The van der Waals surface area contributed by atoms with Crippen molar-refractivity contribution < 1.29 is 4.79 Å². The van der Waals surface area contributed by atoms with Gasteiger partial charge in [0.15, 0.2) is 0 Å². The van der Waals surface area contributed by atoms with Gasteiger partial charge in [-0.3, -0.25) is 4.79 Å². The number of nitrogens with one attached hydrogen (secondary N) is 1. The first-order valence-electron chi connectivity index (χ1n) is 8.37. The van der Waals surface area contributed by atoms with E-state index in [9.17, 15) is 4.79 Å². The van der Waals surface area contributed by atoms with Crippen LogP contribution in [0.3, 0.4) is 0 Å². The van der Waals surface area contributed by atoms with Crippen LogP contribution in [-0.2, 0) is 10.3 Å². The molecular formula is C18H28BrN3O. The predicted molar refractivity (Wildman–Crippen MR) is 98.1 cm³/mol. The first-order valence-corrected chi connectivity index (χ1v) is 9.16. The fraction of sp³-hybridized carbons (Fsp3) is 0.611. The number of hydrogen-bond donors (Lipinski definition) is 2. The van der Waals surface area contributed by atoms with Gasteiger partial charge < -0.3 is 16.0 Å². The maximum absolute atomic E-state index is 12.6. The third-order valence-electron chi connectivity index (χ3n) is 4.57. The van der Waals surface area contributed by atoms with E-state index in [4.69, 9.17) is 5.73 Å². The van der Waals surface area contributed by atoms with Crippen LogP contribution >= 0.6 is 15.9 Å². The first kappa shape index (κ1) is 18.4. The number of nitrogens with two attached hydrogens (primary N) is 1. The molecule has 1 saturated heterocycles. The van der Waals surface area contributed by atoms with Crippen molar-refractivity contribution in [1.82, 2.24) is 10.2 Å². The Labute approximate surface area is 147 Å². The van der Waals surface area contributed by atoms with Crippen molar-refractivity contribution in [3.63, 3.8) is 0 Å². The summed E-state index contributed by atoms with van der Waals surface area (Å²) in [5, 5.41) is 3.08. The fourth-order valence-electron chi connectivity index (χ4n) is 3.19. The zero-order chi connectivity index (χ0) is 17.0. The molecule has 0 radical (unpaired) electrons. The Hall–Kier alpha value is -0.910. The van der Waals surface area contributed by atoms with Crippen LogP contribution in [0.4, 0.5) is 0 Å². The van der Waals surface area contributed by atoms with Gasteiger partial charge in [0.1, 0.15) is 5.54 Å². The summed E-state index contributed by atoms with van der Waals surface area (Å²) < 4.78 is 0.977. The van der Waals surface area contributed by atoms with Gasteiger partial charge in [0, 0.05) is 23.6 Å².